The Labute approximate surface area is 109 Å². The van der Waals surface area contributed by atoms with E-state index in [2.05, 4.69) is 37.4 Å². The third-order valence-corrected chi connectivity index (χ3v) is 3.36. The van der Waals surface area contributed by atoms with Crippen LogP contribution in [0.1, 0.15) is 23.1 Å². The van der Waals surface area contributed by atoms with Gasteiger partial charge in [0.25, 0.3) is 0 Å². The minimum Gasteiger partial charge on any atom is -0.379 e. The lowest BCUT2D eigenvalue weighted by Gasteiger charge is -2.23. The normalized spacial score (nSPS) is 19.8. The molecule has 1 atom stereocenters. The first-order chi connectivity index (χ1) is 8.65. The van der Waals surface area contributed by atoms with Crippen LogP contribution in [0.4, 0.5) is 0 Å². The average Bonchev–Trinajstić information content (AvgIpc) is 2.35. The van der Waals surface area contributed by atoms with Gasteiger partial charge in [-0.1, -0.05) is 23.8 Å². The highest BCUT2D eigenvalue weighted by Crippen LogP contribution is 2.13. The topological polar surface area (TPSA) is 38.3 Å². The number of hydrogen-bond donors (Lipinski definition) is 1. The van der Waals surface area contributed by atoms with Crippen molar-refractivity contribution in [2.24, 2.45) is 0 Å². The lowest BCUT2D eigenvalue weighted by atomic mass is 9.98. The second kappa shape index (κ2) is 6.12. The van der Waals surface area contributed by atoms with E-state index in [1.807, 2.05) is 0 Å². The van der Waals surface area contributed by atoms with E-state index in [-0.39, 0.29) is 11.8 Å². The van der Waals surface area contributed by atoms with Crippen molar-refractivity contribution in [2.75, 3.05) is 19.8 Å². The fourth-order valence-corrected chi connectivity index (χ4v) is 2.30. The van der Waals surface area contributed by atoms with Crippen molar-refractivity contribution in [1.82, 2.24) is 5.32 Å². The van der Waals surface area contributed by atoms with Gasteiger partial charge in [0.05, 0.1) is 13.2 Å². The number of Topliss-reactive ketones (excluding diaryl/α,β-unsaturated/α-hetero) is 1. The van der Waals surface area contributed by atoms with Crippen molar-refractivity contribution in [3.63, 3.8) is 0 Å². The molecular formula is C15H21NO2. The van der Waals surface area contributed by atoms with Crippen LogP contribution in [0.5, 0.6) is 0 Å². The van der Waals surface area contributed by atoms with Gasteiger partial charge in [0.15, 0.2) is 0 Å². The third-order valence-electron chi connectivity index (χ3n) is 3.36. The van der Waals surface area contributed by atoms with E-state index in [9.17, 15) is 4.79 Å². The van der Waals surface area contributed by atoms with Crippen LogP contribution in [-0.4, -0.2) is 31.6 Å². The van der Waals surface area contributed by atoms with Gasteiger partial charge in [0.2, 0.25) is 0 Å². The molecule has 1 unspecified atom stereocenters. The average molecular weight is 247 g/mol. The first-order valence-electron chi connectivity index (χ1n) is 6.54. The van der Waals surface area contributed by atoms with Gasteiger partial charge in [0, 0.05) is 25.4 Å². The molecule has 0 radical (unpaired) electrons. The molecule has 1 fully saturated rings. The minimum atomic E-state index is 0.191. The number of carbonyl (C=O) groups excluding carboxylic acids is 1. The smallest absolute Gasteiger partial charge is 0.138 e. The molecule has 3 nitrogen and oxygen atoms in total. The fourth-order valence-electron chi connectivity index (χ4n) is 2.30. The summed E-state index contributed by atoms with van der Waals surface area (Å²) >= 11 is 0. The maximum Gasteiger partial charge on any atom is 0.138 e. The molecule has 0 saturated carbocycles. The molecule has 3 heteroatoms. The van der Waals surface area contributed by atoms with Crippen molar-refractivity contribution in [1.29, 1.82) is 0 Å². The molecule has 1 saturated heterocycles. The summed E-state index contributed by atoms with van der Waals surface area (Å²) in [4.78, 5) is 12.0. The van der Waals surface area contributed by atoms with Crippen molar-refractivity contribution in [3.8, 4) is 0 Å². The Balaban J connectivity index is 1.92. The molecule has 0 spiro atoms. The summed E-state index contributed by atoms with van der Waals surface area (Å²) in [5.41, 5.74) is 3.56. The van der Waals surface area contributed by atoms with Crippen LogP contribution >= 0.6 is 0 Å². The molecule has 0 aliphatic carbocycles. The molecule has 1 aliphatic rings. The Hall–Kier alpha value is -1.19. The van der Waals surface area contributed by atoms with E-state index in [0.29, 0.717) is 19.4 Å². The summed E-state index contributed by atoms with van der Waals surface area (Å²) in [5, 5.41) is 3.32. The van der Waals surface area contributed by atoms with E-state index in [4.69, 9.17) is 4.74 Å². The highest BCUT2D eigenvalue weighted by atomic mass is 16.5. The fraction of sp³-hybridized carbons (Fsp3) is 0.533. The Morgan fingerprint density at radius 1 is 1.44 bits per heavy atom. The van der Waals surface area contributed by atoms with Gasteiger partial charge < -0.3 is 10.1 Å². The van der Waals surface area contributed by atoms with Gasteiger partial charge in [-0.25, -0.2) is 0 Å². The summed E-state index contributed by atoms with van der Waals surface area (Å²) in [6.45, 7) is 6.37. The quantitative estimate of drug-likeness (QED) is 0.881. The third kappa shape index (κ3) is 3.65. The second-order valence-corrected chi connectivity index (χ2v) is 5.08. The zero-order valence-electron chi connectivity index (χ0n) is 11.2. The number of ether oxygens (including phenoxy) is 1. The van der Waals surface area contributed by atoms with Crippen LogP contribution in [-0.2, 0) is 16.0 Å². The Morgan fingerprint density at radius 2 is 2.28 bits per heavy atom. The number of aryl methyl sites for hydroxylation is 2. The Kier molecular flexibility index (Phi) is 4.50. The van der Waals surface area contributed by atoms with Gasteiger partial charge in [-0.3, -0.25) is 4.79 Å². The number of rotatable bonds is 4. The summed E-state index contributed by atoms with van der Waals surface area (Å²) in [6, 6.07) is 6.47. The van der Waals surface area contributed by atoms with Crippen molar-refractivity contribution >= 4 is 5.78 Å². The van der Waals surface area contributed by atoms with Crippen LogP contribution < -0.4 is 5.32 Å². The van der Waals surface area contributed by atoms with Gasteiger partial charge in [-0.05, 0) is 25.0 Å². The number of carbonyl (C=O) groups is 1. The van der Waals surface area contributed by atoms with Crippen LogP contribution in [0.15, 0.2) is 18.2 Å². The second-order valence-electron chi connectivity index (χ2n) is 5.08. The molecule has 1 aromatic rings. The predicted octanol–water partition coefficient (Wildman–Crippen LogP) is 1.79. The SMILES string of the molecule is Cc1ccc(C)c(CC(=O)CC2COCCN2)c1. The van der Waals surface area contributed by atoms with E-state index in [0.717, 1.165) is 18.7 Å². The number of benzene rings is 1. The van der Waals surface area contributed by atoms with E-state index in [1.54, 1.807) is 0 Å². The monoisotopic (exact) mass is 247 g/mol. The molecule has 0 bridgehead atoms. The van der Waals surface area contributed by atoms with Crippen molar-refractivity contribution < 1.29 is 9.53 Å². The minimum absolute atomic E-state index is 0.191. The number of nitrogens with one attached hydrogen (secondary N) is 1. The van der Waals surface area contributed by atoms with Gasteiger partial charge in [-0.15, -0.1) is 0 Å². The van der Waals surface area contributed by atoms with E-state index >= 15 is 0 Å². The molecule has 1 heterocycles. The molecule has 1 N–H and O–H groups in total. The highest BCUT2D eigenvalue weighted by Gasteiger charge is 2.17. The summed E-state index contributed by atoms with van der Waals surface area (Å²) in [6.07, 6.45) is 1.10. The maximum atomic E-state index is 12.0. The number of hydrogen-bond acceptors (Lipinski definition) is 3. The molecule has 0 amide bonds. The van der Waals surface area contributed by atoms with Crippen LogP contribution in [0.2, 0.25) is 0 Å². The Bertz CT molecular complexity index is 423. The molecule has 2 rings (SSSR count). The number of morpholine rings is 1. The van der Waals surface area contributed by atoms with E-state index in [1.165, 1.54) is 11.1 Å². The maximum absolute atomic E-state index is 12.0. The van der Waals surface area contributed by atoms with Gasteiger partial charge in [-0.2, -0.15) is 0 Å². The zero-order valence-corrected chi connectivity index (χ0v) is 11.2. The number of ketones is 1. The standard InChI is InChI=1S/C15H21NO2/c1-11-3-4-12(2)13(7-11)8-15(17)9-14-10-18-6-5-16-14/h3-4,7,14,16H,5-6,8-10H2,1-2H3. The summed E-state index contributed by atoms with van der Waals surface area (Å²) in [7, 11) is 0. The Morgan fingerprint density at radius 3 is 3.00 bits per heavy atom. The highest BCUT2D eigenvalue weighted by molar-refractivity contribution is 5.81. The molecule has 1 aromatic carbocycles. The van der Waals surface area contributed by atoms with Crippen LogP contribution in [0.3, 0.4) is 0 Å². The predicted molar refractivity (Wildman–Crippen MR) is 71.9 cm³/mol. The molecular weight excluding hydrogens is 226 g/mol. The zero-order chi connectivity index (χ0) is 13.0. The largest absolute Gasteiger partial charge is 0.379 e. The van der Waals surface area contributed by atoms with Crippen LogP contribution in [0, 0.1) is 13.8 Å². The first-order valence-corrected chi connectivity index (χ1v) is 6.54. The first kappa shape index (κ1) is 13.2. The molecule has 98 valence electrons. The summed E-state index contributed by atoms with van der Waals surface area (Å²) in [5.74, 6) is 0.284. The molecule has 18 heavy (non-hydrogen) atoms. The summed E-state index contributed by atoms with van der Waals surface area (Å²) < 4.78 is 5.36. The molecule has 1 aliphatic heterocycles. The van der Waals surface area contributed by atoms with E-state index < -0.39 is 0 Å². The van der Waals surface area contributed by atoms with Gasteiger partial charge >= 0.3 is 0 Å². The van der Waals surface area contributed by atoms with Gasteiger partial charge in [0.1, 0.15) is 5.78 Å². The lowest BCUT2D eigenvalue weighted by molar-refractivity contribution is -0.119. The van der Waals surface area contributed by atoms with Crippen LogP contribution in [0.25, 0.3) is 0 Å². The van der Waals surface area contributed by atoms with Crippen molar-refractivity contribution in [2.45, 2.75) is 32.7 Å². The molecule has 0 aromatic heterocycles. The lowest BCUT2D eigenvalue weighted by Crippen LogP contribution is -2.42. The van der Waals surface area contributed by atoms with Crippen molar-refractivity contribution in [3.05, 3.63) is 34.9 Å².